The Morgan fingerprint density at radius 2 is 2.25 bits per heavy atom. The summed E-state index contributed by atoms with van der Waals surface area (Å²) in [6, 6.07) is 0. The first-order valence-electron chi connectivity index (χ1n) is 5.48. The molecule has 5 nitrogen and oxygen atoms in total. The van der Waals surface area contributed by atoms with Crippen LogP contribution in [0.2, 0.25) is 0 Å². The van der Waals surface area contributed by atoms with E-state index in [-0.39, 0.29) is 12.5 Å². The van der Waals surface area contributed by atoms with Gasteiger partial charge in [-0.1, -0.05) is 6.92 Å². The second kappa shape index (κ2) is 5.86. The van der Waals surface area contributed by atoms with E-state index in [0.29, 0.717) is 6.54 Å². The number of aryl methyl sites for hydroxylation is 2. The Labute approximate surface area is 96.4 Å². The summed E-state index contributed by atoms with van der Waals surface area (Å²) in [6.45, 7) is 5.67. The maximum atomic E-state index is 8.91. The number of hydrogen-bond donors (Lipinski definition) is 2. The van der Waals surface area contributed by atoms with Gasteiger partial charge in [0.2, 0.25) is 5.88 Å². The van der Waals surface area contributed by atoms with E-state index >= 15 is 0 Å². The molecule has 92 valence electrons. The topological polar surface area (TPSA) is 59.3 Å². The van der Waals surface area contributed by atoms with Gasteiger partial charge in [-0.15, -0.1) is 0 Å². The number of rotatable bonds is 6. The lowest BCUT2D eigenvalue weighted by Gasteiger charge is -2.10. The molecule has 0 saturated carbocycles. The number of aliphatic hydroxyl groups is 1. The SMILES string of the molecule is COc1c(CNCC(C)CO)c(C)nn1C. The third-order valence-electron chi connectivity index (χ3n) is 2.59. The van der Waals surface area contributed by atoms with Crippen molar-refractivity contribution in [3.8, 4) is 5.88 Å². The molecule has 0 amide bonds. The highest BCUT2D eigenvalue weighted by molar-refractivity contribution is 5.30. The Bertz CT molecular complexity index is 336. The van der Waals surface area contributed by atoms with Gasteiger partial charge in [0.25, 0.3) is 0 Å². The highest BCUT2D eigenvalue weighted by atomic mass is 16.5. The highest BCUT2D eigenvalue weighted by Gasteiger charge is 2.13. The summed E-state index contributed by atoms with van der Waals surface area (Å²) in [6.07, 6.45) is 0. The summed E-state index contributed by atoms with van der Waals surface area (Å²) in [5.41, 5.74) is 2.05. The van der Waals surface area contributed by atoms with Crippen molar-refractivity contribution in [3.63, 3.8) is 0 Å². The molecule has 1 heterocycles. The molecule has 0 aliphatic carbocycles. The minimum atomic E-state index is 0.205. The molecule has 1 rings (SSSR count). The van der Waals surface area contributed by atoms with E-state index in [1.807, 2.05) is 20.9 Å². The Morgan fingerprint density at radius 3 is 2.81 bits per heavy atom. The standard InChI is InChI=1S/C11H21N3O2/c1-8(7-15)5-12-6-10-9(2)13-14(3)11(10)16-4/h8,12,15H,5-7H2,1-4H3. The van der Waals surface area contributed by atoms with Crippen LogP contribution < -0.4 is 10.1 Å². The van der Waals surface area contributed by atoms with E-state index in [2.05, 4.69) is 10.4 Å². The Morgan fingerprint density at radius 1 is 1.56 bits per heavy atom. The lowest BCUT2D eigenvalue weighted by Crippen LogP contribution is -2.23. The van der Waals surface area contributed by atoms with E-state index in [1.165, 1.54) is 0 Å². The van der Waals surface area contributed by atoms with Crippen LogP contribution in [0, 0.1) is 12.8 Å². The van der Waals surface area contributed by atoms with Crippen molar-refractivity contribution in [1.29, 1.82) is 0 Å². The van der Waals surface area contributed by atoms with Crippen molar-refractivity contribution >= 4 is 0 Å². The van der Waals surface area contributed by atoms with Gasteiger partial charge in [-0.05, 0) is 12.8 Å². The summed E-state index contributed by atoms with van der Waals surface area (Å²) < 4.78 is 7.03. The van der Waals surface area contributed by atoms with Gasteiger partial charge in [-0.25, -0.2) is 4.68 Å². The van der Waals surface area contributed by atoms with Crippen molar-refractivity contribution < 1.29 is 9.84 Å². The molecule has 0 aliphatic heterocycles. The van der Waals surface area contributed by atoms with Crippen LogP contribution in [0.1, 0.15) is 18.2 Å². The molecule has 1 atom stereocenters. The van der Waals surface area contributed by atoms with E-state index in [9.17, 15) is 0 Å². The average molecular weight is 227 g/mol. The lowest BCUT2D eigenvalue weighted by molar-refractivity contribution is 0.233. The summed E-state index contributed by atoms with van der Waals surface area (Å²) in [4.78, 5) is 0. The largest absolute Gasteiger partial charge is 0.481 e. The number of nitrogens with zero attached hydrogens (tertiary/aromatic N) is 2. The van der Waals surface area contributed by atoms with Gasteiger partial charge < -0.3 is 15.2 Å². The molecule has 0 saturated heterocycles. The number of aliphatic hydroxyl groups excluding tert-OH is 1. The monoisotopic (exact) mass is 227 g/mol. The molecule has 0 aliphatic rings. The second-order valence-electron chi connectivity index (χ2n) is 4.12. The van der Waals surface area contributed by atoms with Crippen LogP contribution in [0.4, 0.5) is 0 Å². The highest BCUT2D eigenvalue weighted by Crippen LogP contribution is 2.20. The van der Waals surface area contributed by atoms with Gasteiger partial charge >= 0.3 is 0 Å². The molecule has 0 bridgehead atoms. The number of ether oxygens (including phenoxy) is 1. The maximum Gasteiger partial charge on any atom is 0.216 e. The van der Waals surface area contributed by atoms with Crippen LogP contribution in [0.25, 0.3) is 0 Å². The molecule has 1 aromatic rings. The van der Waals surface area contributed by atoms with Crippen molar-refractivity contribution in [2.75, 3.05) is 20.3 Å². The van der Waals surface area contributed by atoms with Gasteiger partial charge in [0.15, 0.2) is 0 Å². The Balaban J connectivity index is 2.59. The molecule has 5 heteroatoms. The molecular weight excluding hydrogens is 206 g/mol. The second-order valence-corrected chi connectivity index (χ2v) is 4.12. The van der Waals surface area contributed by atoms with Crippen LogP contribution in [-0.4, -0.2) is 35.1 Å². The molecular formula is C11H21N3O2. The number of aromatic nitrogens is 2. The normalized spacial score (nSPS) is 12.8. The van der Waals surface area contributed by atoms with Gasteiger partial charge in [0, 0.05) is 26.7 Å². The smallest absolute Gasteiger partial charge is 0.216 e. The summed E-state index contributed by atoms with van der Waals surface area (Å²) >= 11 is 0. The predicted molar refractivity (Wildman–Crippen MR) is 62.5 cm³/mol. The van der Waals surface area contributed by atoms with Crippen molar-refractivity contribution in [3.05, 3.63) is 11.3 Å². The van der Waals surface area contributed by atoms with E-state index in [4.69, 9.17) is 9.84 Å². The fraction of sp³-hybridized carbons (Fsp3) is 0.727. The zero-order chi connectivity index (χ0) is 12.1. The zero-order valence-electron chi connectivity index (χ0n) is 10.4. The van der Waals surface area contributed by atoms with E-state index in [0.717, 1.165) is 23.7 Å². The summed E-state index contributed by atoms with van der Waals surface area (Å²) in [5, 5.41) is 16.5. The third-order valence-corrected chi connectivity index (χ3v) is 2.59. The third kappa shape index (κ3) is 2.96. The Hall–Kier alpha value is -1.07. The molecule has 0 radical (unpaired) electrons. The van der Waals surface area contributed by atoms with Gasteiger partial charge in [0.1, 0.15) is 0 Å². The summed E-state index contributed by atoms with van der Waals surface area (Å²) in [5.74, 6) is 1.06. The number of nitrogens with one attached hydrogen (secondary N) is 1. The first kappa shape index (κ1) is 13.0. The molecule has 1 unspecified atom stereocenters. The van der Waals surface area contributed by atoms with Crippen LogP contribution in [0.15, 0.2) is 0 Å². The minimum Gasteiger partial charge on any atom is -0.481 e. The van der Waals surface area contributed by atoms with Crippen LogP contribution in [-0.2, 0) is 13.6 Å². The fourth-order valence-corrected chi connectivity index (χ4v) is 1.65. The maximum absolute atomic E-state index is 8.91. The molecule has 0 aromatic carbocycles. The quantitative estimate of drug-likeness (QED) is 0.741. The van der Waals surface area contributed by atoms with E-state index in [1.54, 1.807) is 11.8 Å². The van der Waals surface area contributed by atoms with Gasteiger partial charge in [0.05, 0.1) is 18.4 Å². The average Bonchev–Trinajstić information content (AvgIpc) is 2.53. The van der Waals surface area contributed by atoms with Gasteiger partial charge in [-0.3, -0.25) is 0 Å². The molecule has 2 N–H and O–H groups in total. The van der Waals surface area contributed by atoms with E-state index < -0.39 is 0 Å². The number of methoxy groups -OCH3 is 1. The molecule has 1 aromatic heterocycles. The first-order chi connectivity index (χ1) is 7.60. The van der Waals surface area contributed by atoms with Crippen molar-refractivity contribution in [1.82, 2.24) is 15.1 Å². The van der Waals surface area contributed by atoms with Crippen molar-refractivity contribution in [2.24, 2.45) is 13.0 Å². The summed E-state index contributed by atoms with van der Waals surface area (Å²) in [7, 11) is 3.52. The molecule has 16 heavy (non-hydrogen) atoms. The Kier molecular flexibility index (Phi) is 4.76. The van der Waals surface area contributed by atoms with Crippen LogP contribution in [0.3, 0.4) is 0 Å². The van der Waals surface area contributed by atoms with Crippen LogP contribution >= 0.6 is 0 Å². The number of hydrogen-bond acceptors (Lipinski definition) is 4. The van der Waals surface area contributed by atoms with Gasteiger partial charge in [-0.2, -0.15) is 5.10 Å². The lowest BCUT2D eigenvalue weighted by atomic mass is 10.2. The minimum absolute atomic E-state index is 0.205. The first-order valence-corrected chi connectivity index (χ1v) is 5.48. The van der Waals surface area contributed by atoms with Crippen LogP contribution in [0.5, 0.6) is 5.88 Å². The molecule has 0 spiro atoms. The predicted octanol–water partition coefficient (Wildman–Crippen LogP) is 0.455. The van der Waals surface area contributed by atoms with Crippen molar-refractivity contribution in [2.45, 2.75) is 20.4 Å². The fourth-order valence-electron chi connectivity index (χ4n) is 1.65. The molecule has 0 fully saturated rings. The zero-order valence-corrected chi connectivity index (χ0v) is 10.4.